The van der Waals surface area contributed by atoms with Crippen LogP contribution in [0.1, 0.15) is 41.5 Å². The van der Waals surface area contributed by atoms with Crippen molar-refractivity contribution in [1.82, 2.24) is 5.32 Å². The van der Waals surface area contributed by atoms with Crippen LogP contribution >= 0.6 is 0 Å². The summed E-state index contributed by atoms with van der Waals surface area (Å²) in [7, 11) is 0. The second kappa shape index (κ2) is 8.62. The molecule has 0 aliphatic rings. The van der Waals surface area contributed by atoms with Gasteiger partial charge < -0.3 is 5.32 Å². The van der Waals surface area contributed by atoms with Gasteiger partial charge >= 0.3 is 0 Å². The Labute approximate surface area is 78.4 Å². The Morgan fingerprint density at radius 2 is 2.08 bits per heavy atom. The highest BCUT2D eigenvalue weighted by Gasteiger charge is 1.84. The molecule has 0 amide bonds. The molecule has 0 spiro atoms. The van der Waals surface area contributed by atoms with Crippen molar-refractivity contribution in [2.45, 2.75) is 40.0 Å². The molecule has 0 aromatic rings. The highest BCUT2D eigenvalue weighted by atomic mass is 14.8. The minimum Gasteiger partial charge on any atom is -0.317 e. The summed E-state index contributed by atoms with van der Waals surface area (Å²) < 4.78 is 0. The summed E-state index contributed by atoms with van der Waals surface area (Å²) in [6.07, 6.45) is 3.44. The van der Waals surface area contributed by atoms with Gasteiger partial charge in [-0.1, -0.05) is 20.8 Å². The zero-order valence-electron chi connectivity index (χ0n) is 8.61. The van der Waals surface area contributed by atoms with Crippen molar-refractivity contribution in [2.24, 2.45) is 5.92 Å². The molecule has 0 heterocycles. The summed E-state index contributed by atoms with van der Waals surface area (Å²) >= 11 is 0. The molecule has 0 atom stereocenters. The Morgan fingerprint density at radius 3 is 2.67 bits per heavy atom. The molecule has 0 aromatic carbocycles. The molecule has 0 radical (unpaired) electrons. The molecule has 0 aliphatic carbocycles. The highest BCUT2D eigenvalue weighted by Crippen LogP contribution is 1.89. The molecule has 0 fully saturated rings. The molecule has 12 heavy (non-hydrogen) atoms. The minimum atomic E-state index is 0. The monoisotopic (exact) mass is 169 g/mol. The van der Waals surface area contributed by atoms with Crippen molar-refractivity contribution in [1.29, 1.82) is 0 Å². The van der Waals surface area contributed by atoms with Crippen molar-refractivity contribution in [3.63, 3.8) is 0 Å². The number of rotatable bonds is 5. The van der Waals surface area contributed by atoms with E-state index in [1.165, 1.54) is 12.8 Å². The first-order valence-corrected chi connectivity index (χ1v) is 4.96. The van der Waals surface area contributed by atoms with E-state index in [4.69, 9.17) is 0 Å². The van der Waals surface area contributed by atoms with Crippen LogP contribution in [-0.4, -0.2) is 13.1 Å². The van der Waals surface area contributed by atoms with E-state index in [-0.39, 0.29) is 1.43 Å². The Morgan fingerprint density at radius 1 is 1.33 bits per heavy atom. The second-order valence-electron chi connectivity index (χ2n) is 3.33. The van der Waals surface area contributed by atoms with Crippen LogP contribution in [0, 0.1) is 17.8 Å². The summed E-state index contributed by atoms with van der Waals surface area (Å²) in [5, 5.41) is 3.36. The smallest absolute Gasteiger partial charge is 0.0146 e. The third kappa shape index (κ3) is 9.52. The molecule has 0 unspecified atom stereocenters. The average molecular weight is 169 g/mol. The highest BCUT2D eigenvalue weighted by molar-refractivity contribution is 5.00. The van der Waals surface area contributed by atoms with E-state index in [1.54, 1.807) is 0 Å². The van der Waals surface area contributed by atoms with Gasteiger partial charge in [-0.15, -0.1) is 11.8 Å². The van der Waals surface area contributed by atoms with Crippen molar-refractivity contribution >= 4 is 0 Å². The Bertz CT molecular complexity index is 144. The molecule has 0 saturated heterocycles. The molecule has 0 saturated carbocycles. The van der Waals surface area contributed by atoms with Gasteiger partial charge in [-0.2, -0.15) is 0 Å². The van der Waals surface area contributed by atoms with Crippen LogP contribution in [0.15, 0.2) is 0 Å². The predicted molar refractivity (Wildman–Crippen MR) is 57.1 cm³/mol. The lowest BCUT2D eigenvalue weighted by Gasteiger charge is -1.98. The zero-order chi connectivity index (χ0) is 9.23. The van der Waals surface area contributed by atoms with E-state index in [9.17, 15) is 0 Å². The Hall–Kier alpha value is -0.480. The van der Waals surface area contributed by atoms with Gasteiger partial charge in [-0.25, -0.2) is 0 Å². The van der Waals surface area contributed by atoms with E-state index in [1.807, 2.05) is 0 Å². The maximum absolute atomic E-state index is 3.36. The topological polar surface area (TPSA) is 12.0 Å². The van der Waals surface area contributed by atoms with E-state index in [2.05, 4.69) is 37.9 Å². The largest absolute Gasteiger partial charge is 0.317 e. The van der Waals surface area contributed by atoms with Gasteiger partial charge in [0, 0.05) is 13.8 Å². The van der Waals surface area contributed by atoms with Gasteiger partial charge in [-0.3, -0.25) is 0 Å². The first-order valence-electron chi connectivity index (χ1n) is 4.96. The maximum Gasteiger partial charge on any atom is 0.0146 e. The van der Waals surface area contributed by atoms with Crippen molar-refractivity contribution < 1.29 is 1.43 Å². The van der Waals surface area contributed by atoms with E-state index in [0.29, 0.717) is 5.92 Å². The zero-order valence-corrected chi connectivity index (χ0v) is 8.61. The third-order valence-corrected chi connectivity index (χ3v) is 1.47. The summed E-state index contributed by atoms with van der Waals surface area (Å²) in [5.74, 6) is 6.85. The standard InChI is InChI=1S/C11H21N.H2/c1-4-9-12-10-7-5-6-8-11(2)3;/h11-12H,4-5,7,9-10H2,1-3H3;1H. The van der Waals surface area contributed by atoms with E-state index < -0.39 is 0 Å². The molecule has 0 bridgehead atoms. The minimum absolute atomic E-state index is 0. The Balaban J connectivity index is 0. The SMILES string of the molecule is CCCNCCCC#CC(C)C.[HH]. The van der Waals surface area contributed by atoms with Gasteiger partial charge in [0.1, 0.15) is 0 Å². The average Bonchev–Trinajstić information content (AvgIpc) is 2.02. The lowest BCUT2D eigenvalue weighted by Crippen LogP contribution is -2.15. The van der Waals surface area contributed by atoms with Crippen molar-refractivity contribution in [3.8, 4) is 11.8 Å². The Kier molecular flexibility index (Phi) is 8.27. The quantitative estimate of drug-likeness (QED) is 0.493. The van der Waals surface area contributed by atoms with Gasteiger partial charge in [0.25, 0.3) is 0 Å². The molecular weight excluding hydrogens is 146 g/mol. The third-order valence-electron chi connectivity index (χ3n) is 1.47. The number of hydrogen-bond acceptors (Lipinski definition) is 1. The van der Waals surface area contributed by atoms with Crippen LogP contribution in [0.25, 0.3) is 0 Å². The van der Waals surface area contributed by atoms with Gasteiger partial charge in [0.05, 0.1) is 0 Å². The maximum atomic E-state index is 3.36. The molecule has 0 aromatic heterocycles. The fourth-order valence-corrected chi connectivity index (χ4v) is 0.880. The van der Waals surface area contributed by atoms with Crippen LogP contribution in [0.3, 0.4) is 0 Å². The second-order valence-corrected chi connectivity index (χ2v) is 3.33. The molecule has 72 valence electrons. The molecule has 1 nitrogen and oxygen atoms in total. The van der Waals surface area contributed by atoms with Gasteiger partial charge in [-0.05, 0) is 25.9 Å². The predicted octanol–water partition coefficient (Wildman–Crippen LogP) is 2.67. The van der Waals surface area contributed by atoms with Crippen LogP contribution in [0.4, 0.5) is 0 Å². The van der Waals surface area contributed by atoms with Crippen LogP contribution in [0.2, 0.25) is 0 Å². The van der Waals surface area contributed by atoms with E-state index >= 15 is 0 Å². The van der Waals surface area contributed by atoms with E-state index in [0.717, 1.165) is 19.5 Å². The number of nitrogens with one attached hydrogen (secondary N) is 1. The van der Waals surface area contributed by atoms with Crippen LogP contribution in [0.5, 0.6) is 0 Å². The normalized spacial score (nSPS) is 9.67. The molecule has 0 rings (SSSR count). The lowest BCUT2D eigenvalue weighted by molar-refractivity contribution is 0.647. The first-order chi connectivity index (χ1) is 5.77. The van der Waals surface area contributed by atoms with Gasteiger partial charge in [0.2, 0.25) is 0 Å². The summed E-state index contributed by atoms with van der Waals surface area (Å²) in [5.41, 5.74) is 0. The fourth-order valence-electron chi connectivity index (χ4n) is 0.880. The molecule has 1 heteroatoms. The van der Waals surface area contributed by atoms with Gasteiger partial charge in [0.15, 0.2) is 0 Å². The number of hydrogen-bond donors (Lipinski definition) is 1. The number of unbranched alkanes of at least 4 members (excludes halogenated alkanes) is 1. The van der Waals surface area contributed by atoms with Crippen molar-refractivity contribution in [3.05, 3.63) is 0 Å². The van der Waals surface area contributed by atoms with Crippen molar-refractivity contribution in [2.75, 3.05) is 13.1 Å². The summed E-state index contributed by atoms with van der Waals surface area (Å²) in [4.78, 5) is 0. The fraction of sp³-hybridized carbons (Fsp3) is 0.818. The lowest BCUT2D eigenvalue weighted by atomic mass is 10.2. The summed E-state index contributed by atoms with van der Waals surface area (Å²) in [6.45, 7) is 8.69. The molecule has 1 N–H and O–H groups in total. The molecular formula is C11H23N. The summed E-state index contributed by atoms with van der Waals surface area (Å²) in [6, 6.07) is 0. The van der Waals surface area contributed by atoms with Crippen LogP contribution < -0.4 is 5.32 Å². The van der Waals surface area contributed by atoms with Crippen LogP contribution in [-0.2, 0) is 0 Å². The first kappa shape index (κ1) is 11.5. The molecule has 0 aliphatic heterocycles.